The smallest absolute Gasteiger partial charge is 0.341 e. The first kappa shape index (κ1) is 25.7. The highest BCUT2D eigenvalue weighted by atomic mass is 32.1. The van der Waals surface area contributed by atoms with Gasteiger partial charge >= 0.3 is 18.0 Å². The molecule has 2 heterocycles. The van der Waals surface area contributed by atoms with Crippen LogP contribution in [0.4, 0.5) is 9.80 Å². The third-order valence-electron chi connectivity index (χ3n) is 6.30. The van der Waals surface area contributed by atoms with Gasteiger partial charge in [-0.2, -0.15) is 0 Å². The first-order chi connectivity index (χ1) is 15.8. The van der Waals surface area contributed by atoms with Gasteiger partial charge in [-0.15, -0.1) is 11.3 Å². The molecule has 34 heavy (non-hydrogen) atoms. The van der Waals surface area contributed by atoms with E-state index in [0.29, 0.717) is 23.4 Å². The Labute approximate surface area is 202 Å². The normalized spacial score (nSPS) is 23.6. The van der Waals surface area contributed by atoms with Crippen molar-refractivity contribution in [2.75, 3.05) is 25.6 Å². The van der Waals surface area contributed by atoms with E-state index in [-0.39, 0.29) is 16.9 Å². The van der Waals surface area contributed by atoms with Crippen LogP contribution >= 0.6 is 11.3 Å². The molecule has 1 aromatic rings. The average molecular weight is 494 g/mol. The van der Waals surface area contributed by atoms with Gasteiger partial charge in [-0.05, 0) is 50.0 Å². The Morgan fingerprint density at radius 3 is 2.50 bits per heavy atom. The fraction of sp³-hybridized carbons (Fsp3) is 0.609. The number of aryl methyl sites for hydroxylation is 1. The first-order valence-corrected chi connectivity index (χ1v) is 11.9. The highest BCUT2D eigenvalue weighted by molar-refractivity contribution is 7.16. The molecule has 1 aromatic heterocycles. The van der Waals surface area contributed by atoms with Crippen molar-refractivity contribution in [2.24, 2.45) is 11.3 Å². The Morgan fingerprint density at radius 2 is 1.88 bits per heavy atom. The van der Waals surface area contributed by atoms with Gasteiger partial charge in [0.15, 0.2) is 6.61 Å². The molecule has 1 aliphatic heterocycles. The summed E-state index contributed by atoms with van der Waals surface area (Å²) in [4.78, 5) is 64.0. The molecule has 0 aromatic carbocycles. The third-order valence-corrected chi connectivity index (χ3v) is 7.43. The minimum atomic E-state index is -1.02. The summed E-state index contributed by atoms with van der Waals surface area (Å²) in [6.45, 7) is 8.49. The molecule has 186 valence electrons. The third kappa shape index (κ3) is 5.08. The molecule has 1 saturated carbocycles. The summed E-state index contributed by atoms with van der Waals surface area (Å²) in [5.41, 5.74) is -0.206. The Balaban J connectivity index is 1.59. The largest absolute Gasteiger partial charge is 0.465 e. The molecule has 0 bridgehead atoms. The van der Waals surface area contributed by atoms with Crippen molar-refractivity contribution >= 4 is 46.1 Å². The van der Waals surface area contributed by atoms with Crippen molar-refractivity contribution < 1.29 is 33.4 Å². The van der Waals surface area contributed by atoms with Gasteiger partial charge in [0.1, 0.15) is 17.1 Å². The molecule has 10 nitrogen and oxygen atoms in total. The van der Waals surface area contributed by atoms with E-state index >= 15 is 0 Å². The van der Waals surface area contributed by atoms with Crippen molar-refractivity contribution in [3.8, 4) is 0 Å². The van der Waals surface area contributed by atoms with E-state index in [1.807, 2.05) is 6.92 Å². The highest BCUT2D eigenvalue weighted by Gasteiger charge is 2.56. The number of urea groups is 1. The molecule has 0 unspecified atom stereocenters. The molecule has 0 radical (unpaired) electrons. The van der Waals surface area contributed by atoms with Crippen LogP contribution in [0.25, 0.3) is 0 Å². The zero-order valence-corrected chi connectivity index (χ0v) is 21.1. The first-order valence-electron chi connectivity index (χ1n) is 11.1. The van der Waals surface area contributed by atoms with E-state index in [1.165, 1.54) is 18.4 Å². The van der Waals surface area contributed by atoms with Gasteiger partial charge in [0.25, 0.3) is 11.8 Å². The molecule has 3 rings (SSSR count). The van der Waals surface area contributed by atoms with E-state index < -0.39 is 48.5 Å². The molecular weight excluding hydrogens is 462 g/mol. The molecule has 2 atom stereocenters. The lowest BCUT2D eigenvalue weighted by Crippen LogP contribution is -2.54. The summed E-state index contributed by atoms with van der Waals surface area (Å²) in [5.74, 6) is -2.32. The Hall–Kier alpha value is -2.95. The number of amides is 4. The standard InChI is InChI=1S/C23H31N3O7S/c1-12-7-22(4,5)11-23(8-12)20(30)26(21(31)25-23)9-16(28)33-10-15(27)24-18-17(19(29)32-6)13(2)14(3)34-18/h12H,7-11H2,1-6H3,(H,24,27)(H,25,31)/t12-,23+/m0/s1. The number of imide groups is 1. The van der Waals surface area contributed by atoms with Crippen LogP contribution in [0, 0.1) is 25.2 Å². The molecule has 1 saturated heterocycles. The van der Waals surface area contributed by atoms with Crippen molar-refractivity contribution in [3.63, 3.8) is 0 Å². The number of esters is 2. The number of hydrogen-bond acceptors (Lipinski definition) is 8. The SMILES string of the molecule is COC(=O)c1c(NC(=O)COC(=O)CN2C(=O)N[C@@]3(C[C@@H](C)CC(C)(C)C3)C2=O)sc(C)c1C. The number of methoxy groups -OCH3 is 1. The quantitative estimate of drug-likeness (QED) is 0.460. The Morgan fingerprint density at radius 1 is 1.21 bits per heavy atom. The van der Waals surface area contributed by atoms with Gasteiger partial charge < -0.3 is 20.1 Å². The second-order valence-corrected chi connectivity index (χ2v) is 11.2. The van der Waals surface area contributed by atoms with Crippen molar-refractivity contribution in [1.29, 1.82) is 0 Å². The lowest BCUT2D eigenvalue weighted by molar-refractivity contribution is -0.150. The summed E-state index contributed by atoms with van der Waals surface area (Å²) < 4.78 is 9.77. The van der Waals surface area contributed by atoms with E-state index in [1.54, 1.807) is 13.8 Å². The maximum Gasteiger partial charge on any atom is 0.341 e. The molecule has 1 spiro atoms. The summed E-state index contributed by atoms with van der Waals surface area (Å²) in [6, 6.07) is -0.636. The van der Waals surface area contributed by atoms with Crippen LogP contribution in [0.1, 0.15) is 60.8 Å². The Kier molecular flexibility index (Phi) is 7.07. The summed E-state index contributed by atoms with van der Waals surface area (Å²) in [7, 11) is 1.25. The Bertz CT molecular complexity index is 1050. The highest BCUT2D eigenvalue weighted by Crippen LogP contribution is 2.46. The van der Waals surface area contributed by atoms with Gasteiger partial charge in [-0.1, -0.05) is 20.8 Å². The fourth-order valence-corrected chi connectivity index (χ4v) is 6.26. The lowest BCUT2D eigenvalue weighted by atomic mass is 9.64. The van der Waals surface area contributed by atoms with Crippen LogP contribution < -0.4 is 10.6 Å². The monoisotopic (exact) mass is 493 g/mol. The van der Waals surface area contributed by atoms with Gasteiger partial charge in [-0.3, -0.25) is 19.3 Å². The van der Waals surface area contributed by atoms with E-state index in [9.17, 15) is 24.0 Å². The zero-order chi connectivity index (χ0) is 25.4. The van der Waals surface area contributed by atoms with Crippen LogP contribution in [0.5, 0.6) is 0 Å². The second-order valence-electron chi connectivity index (χ2n) is 9.95. The van der Waals surface area contributed by atoms with Gasteiger partial charge in [0, 0.05) is 4.88 Å². The predicted octanol–water partition coefficient (Wildman–Crippen LogP) is 2.77. The van der Waals surface area contributed by atoms with E-state index in [0.717, 1.165) is 16.2 Å². The second kappa shape index (κ2) is 9.36. The van der Waals surface area contributed by atoms with Crippen LogP contribution in [-0.4, -0.2) is 60.5 Å². The van der Waals surface area contributed by atoms with Gasteiger partial charge in [0.05, 0.1) is 12.7 Å². The number of nitrogens with one attached hydrogen (secondary N) is 2. The molecule has 2 aliphatic rings. The molecule has 11 heteroatoms. The average Bonchev–Trinajstić information content (AvgIpc) is 3.11. The topological polar surface area (TPSA) is 131 Å². The number of carbonyl (C=O) groups is 5. The maximum atomic E-state index is 13.1. The van der Waals surface area contributed by atoms with Crippen LogP contribution in [0.2, 0.25) is 0 Å². The number of thiophene rings is 1. The maximum absolute atomic E-state index is 13.1. The van der Waals surface area contributed by atoms with E-state index in [2.05, 4.69) is 24.5 Å². The summed E-state index contributed by atoms with van der Waals surface area (Å²) in [5, 5.41) is 5.65. The number of carbonyl (C=O) groups excluding carboxylic acids is 5. The summed E-state index contributed by atoms with van der Waals surface area (Å²) >= 11 is 1.21. The van der Waals surface area contributed by atoms with Crippen LogP contribution in [-0.2, 0) is 23.9 Å². The van der Waals surface area contributed by atoms with Crippen molar-refractivity contribution in [3.05, 3.63) is 16.0 Å². The molecular formula is C23H31N3O7S. The minimum Gasteiger partial charge on any atom is -0.465 e. The predicted molar refractivity (Wildman–Crippen MR) is 124 cm³/mol. The number of hydrogen-bond donors (Lipinski definition) is 2. The minimum absolute atomic E-state index is 0.128. The molecule has 4 amide bonds. The number of ether oxygens (including phenoxy) is 2. The lowest BCUT2D eigenvalue weighted by Gasteiger charge is -2.43. The molecule has 1 aliphatic carbocycles. The fourth-order valence-electron chi connectivity index (χ4n) is 5.20. The van der Waals surface area contributed by atoms with E-state index in [4.69, 9.17) is 9.47 Å². The van der Waals surface area contributed by atoms with Gasteiger partial charge in [-0.25, -0.2) is 9.59 Å². The zero-order valence-electron chi connectivity index (χ0n) is 20.3. The van der Waals surface area contributed by atoms with Crippen LogP contribution in [0.3, 0.4) is 0 Å². The van der Waals surface area contributed by atoms with Crippen molar-refractivity contribution in [2.45, 2.75) is 59.4 Å². The number of rotatable bonds is 6. The van der Waals surface area contributed by atoms with Crippen molar-refractivity contribution in [1.82, 2.24) is 10.2 Å². The molecule has 2 N–H and O–H groups in total. The van der Waals surface area contributed by atoms with Gasteiger partial charge in [0.2, 0.25) is 0 Å². The van der Waals surface area contributed by atoms with Crippen LogP contribution in [0.15, 0.2) is 0 Å². The molecule has 2 fully saturated rings. The summed E-state index contributed by atoms with van der Waals surface area (Å²) in [6.07, 6.45) is 1.94. The number of nitrogens with zero attached hydrogens (tertiary/aromatic N) is 1. The number of anilines is 1.